The normalized spacial score (nSPS) is 12.3. The molecule has 1 atom stereocenters. The first-order valence-electron chi connectivity index (χ1n) is 4.70. The molecule has 0 bridgehead atoms. The highest BCUT2D eigenvalue weighted by Crippen LogP contribution is 2.13. The van der Waals surface area contributed by atoms with E-state index < -0.39 is 6.10 Å². The summed E-state index contributed by atoms with van der Waals surface area (Å²) >= 11 is 3.31. The molecular formula is C11H14BrNO2. The molecule has 4 heteroatoms. The molecule has 1 unspecified atom stereocenters. The minimum Gasteiger partial charge on any atom is -0.392 e. The maximum absolute atomic E-state index is 11.8. The molecule has 3 nitrogen and oxygen atoms in total. The van der Waals surface area contributed by atoms with Gasteiger partial charge in [-0.1, -0.05) is 22.0 Å². The molecule has 15 heavy (non-hydrogen) atoms. The number of hydrogen-bond donors (Lipinski definition) is 1. The number of nitrogens with zero attached hydrogens (tertiary/aromatic N) is 1. The molecule has 0 radical (unpaired) electrons. The third-order valence-corrected chi connectivity index (χ3v) is 2.45. The SMILES string of the molecule is CC(O)CN(C)C(=O)c1cccc(Br)c1. The summed E-state index contributed by atoms with van der Waals surface area (Å²) < 4.78 is 0.874. The number of carbonyl (C=O) groups excluding carboxylic acids is 1. The number of rotatable bonds is 3. The van der Waals surface area contributed by atoms with Crippen molar-refractivity contribution in [1.29, 1.82) is 0 Å². The van der Waals surface area contributed by atoms with Gasteiger partial charge >= 0.3 is 0 Å². The van der Waals surface area contributed by atoms with E-state index in [9.17, 15) is 9.90 Å². The van der Waals surface area contributed by atoms with E-state index in [-0.39, 0.29) is 5.91 Å². The highest BCUT2D eigenvalue weighted by Gasteiger charge is 2.13. The number of likely N-dealkylation sites (N-methyl/N-ethyl adjacent to an activating group) is 1. The fraction of sp³-hybridized carbons (Fsp3) is 0.364. The second-order valence-electron chi connectivity index (χ2n) is 3.55. The van der Waals surface area contributed by atoms with E-state index in [1.807, 2.05) is 12.1 Å². The van der Waals surface area contributed by atoms with Gasteiger partial charge in [0.1, 0.15) is 0 Å². The fourth-order valence-corrected chi connectivity index (χ4v) is 1.72. The van der Waals surface area contributed by atoms with Crippen LogP contribution >= 0.6 is 15.9 Å². The molecule has 0 fully saturated rings. The Morgan fingerprint density at radius 3 is 2.80 bits per heavy atom. The van der Waals surface area contributed by atoms with Gasteiger partial charge in [0, 0.05) is 23.6 Å². The first-order valence-corrected chi connectivity index (χ1v) is 5.49. The van der Waals surface area contributed by atoms with E-state index in [1.54, 1.807) is 26.1 Å². The fourth-order valence-electron chi connectivity index (χ4n) is 1.32. The number of benzene rings is 1. The molecule has 0 saturated carbocycles. The zero-order valence-electron chi connectivity index (χ0n) is 8.77. The number of hydrogen-bond acceptors (Lipinski definition) is 2. The van der Waals surface area contributed by atoms with Crippen molar-refractivity contribution in [3.63, 3.8) is 0 Å². The summed E-state index contributed by atoms with van der Waals surface area (Å²) in [6.07, 6.45) is -0.508. The third kappa shape index (κ3) is 3.64. The Morgan fingerprint density at radius 2 is 2.27 bits per heavy atom. The van der Waals surface area contributed by atoms with Crippen LogP contribution in [0.5, 0.6) is 0 Å². The molecule has 1 rings (SSSR count). The van der Waals surface area contributed by atoms with Gasteiger partial charge in [0.2, 0.25) is 0 Å². The van der Waals surface area contributed by atoms with Gasteiger partial charge in [-0.2, -0.15) is 0 Å². The lowest BCUT2D eigenvalue weighted by Crippen LogP contribution is -2.32. The first kappa shape index (κ1) is 12.2. The van der Waals surface area contributed by atoms with Gasteiger partial charge in [0.15, 0.2) is 0 Å². The van der Waals surface area contributed by atoms with Gasteiger partial charge in [-0.3, -0.25) is 4.79 Å². The van der Waals surface area contributed by atoms with Crippen LogP contribution < -0.4 is 0 Å². The molecule has 1 N–H and O–H groups in total. The second-order valence-corrected chi connectivity index (χ2v) is 4.46. The van der Waals surface area contributed by atoms with Gasteiger partial charge in [-0.15, -0.1) is 0 Å². The van der Waals surface area contributed by atoms with Gasteiger partial charge in [-0.05, 0) is 25.1 Å². The van der Waals surface area contributed by atoms with Crippen molar-refractivity contribution in [2.24, 2.45) is 0 Å². The van der Waals surface area contributed by atoms with E-state index >= 15 is 0 Å². The van der Waals surface area contributed by atoms with Crippen LogP contribution in [0.3, 0.4) is 0 Å². The maximum atomic E-state index is 11.8. The number of halogens is 1. The van der Waals surface area contributed by atoms with Crippen molar-refractivity contribution in [1.82, 2.24) is 4.90 Å². The van der Waals surface area contributed by atoms with E-state index in [2.05, 4.69) is 15.9 Å². The second kappa shape index (κ2) is 5.28. The highest BCUT2D eigenvalue weighted by atomic mass is 79.9. The van der Waals surface area contributed by atoms with Gasteiger partial charge in [0.25, 0.3) is 5.91 Å². The Balaban J connectivity index is 2.76. The molecule has 0 heterocycles. The monoisotopic (exact) mass is 271 g/mol. The third-order valence-electron chi connectivity index (χ3n) is 1.96. The molecular weight excluding hydrogens is 258 g/mol. The molecule has 0 aliphatic rings. The van der Waals surface area contributed by atoms with Crippen LogP contribution in [0.15, 0.2) is 28.7 Å². The Kier molecular flexibility index (Phi) is 4.29. The van der Waals surface area contributed by atoms with Crippen molar-refractivity contribution in [3.05, 3.63) is 34.3 Å². The summed E-state index contributed by atoms with van der Waals surface area (Å²) in [4.78, 5) is 13.3. The summed E-state index contributed by atoms with van der Waals surface area (Å²) in [5, 5.41) is 9.17. The molecule has 0 aliphatic carbocycles. The molecule has 1 aromatic rings. The Morgan fingerprint density at radius 1 is 1.60 bits per heavy atom. The van der Waals surface area contributed by atoms with Crippen molar-refractivity contribution in [3.8, 4) is 0 Å². The zero-order valence-corrected chi connectivity index (χ0v) is 10.4. The van der Waals surface area contributed by atoms with E-state index in [1.165, 1.54) is 4.90 Å². The quantitative estimate of drug-likeness (QED) is 0.913. The largest absolute Gasteiger partial charge is 0.392 e. The van der Waals surface area contributed by atoms with Crippen molar-refractivity contribution >= 4 is 21.8 Å². The van der Waals surface area contributed by atoms with Crippen LogP contribution in [0.1, 0.15) is 17.3 Å². The minimum absolute atomic E-state index is 0.0859. The summed E-state index contributed by atoms with van der Waals surface area (Å²) in [5.41, 5.74) is 0.618. The minimum atomic E-state index is -0.508. The maximum Gasteiger partial charge on any atom is 0.253 e. The summed E-state index contributed by atoms with van der Waals surface area (Å²) in [6.45, 7) is 2.00. The van der Waals surface area contributed by atoms with Crippen LogP contribution in [-0.2, 0) is 0 Å². The van der Waals surface area contributed by atoms with E-state index in [0.29, 0.717) is 12.1 Å². The van der Waals surface area contributed by atoms with Crippen LogP contribution in [-0.4, -0.2) is 35.6 Å². The number of amides is 1. The lowest BCUT2D eigenvalue weighted by Gasteiger charge is -2.18. The average Bonchev–Trinajstić information content (AvgIpc) is 2.15. The zero-order chi connectivity index (χ0) is 11.4. The summed E-state index contributed by atoms with van der Waals surface area (Å²) in [5.74, 6) is -0.0859. The standard InChI is InChI=1S/C11H14BrNO2/c1-8(14)7-13(2)11(15)9-4-3-5-10(12)6-9/h3-6,8,14H,7H2,1-2H3. The lowest BCUT2D eigenvalue weighted by molar-refractivity contribution is 0.0703. The Bertz CT molecular complexity index is 352. The number of aliphatic hydroxyl groups excluding tert-OH is 1. The number of aliphatic hydroxyl groups is 1. The van der Waals surface area contributed by atoms with Crippen LogP contribution in [0.4, 0.5) is 0 Å². The predicted octanol–water partition coefficient (Wildman–Crippen LogP) is 1.90. The summed E-state index contributed by atoms with van der Waals surface area (Å²) in [7, 11) is 1.68. The lowest BCUT2D eigenvalue weighted by atomic mass is 10.2. The molecule has 82 valence electrons. The van der Waals surface area contributed by atoms with Crippen LogP contribution in [0.2, 0.25) is 0 Å². The smallest absolute Gasteiger partial charge is 0.253 e. The Labute approximate surface area is 97.8 Å². The van der Waals surface area contributed by atoms with Gasteiger partial charge in [-0.25, -0.2) is 0 Å². The van der Waals surface area contributed by atoms with Crippen LogP contribution in [0.25, 0.3) is 0 Å². The molecule has 0 aliphatic heterocycles. The predicted molar refractivity (Wildman–Crippen MR) is 62.8 cm³/mol. The highest BCUT2D eigenvalue weighted by molar-refractivity contribution is 9.10. The molecule has 1 amide bonds. The molecule has 0 spiro atoms. The topological polar surface area (TPSA) is 40.5 Å². The van der Waals surface area contributed by atoms with Crippen LogP contribution in [0, 0.1) is 0 Å². The first-order chi connectivity index (χ1) is 7.00. The number of carbonyl (C=O) groups is 1. The molecule has 0 saturated heterocycles. The van der Waals surface area contributed by atoms with Crippen molar-refractivity contribution in [2.45, 2.75) is 13.0 Å². The van der Waals surface area contributed by atoms with E-state index in [4.69, 9.17) is 0 Å². The van der Waals surface area contributed by atoms with Crippen molar-refractivity contribution in [2.75, 3.05) is 13.6 Å². The van der Waals surface area contributed by atoms with E-state index in [0.717, 1.165) is 4.47 Å². The van der Waals surface area contributed by atoms with Gasteiger partial charge in [0.05, 0.1) is 6.10 Å². The average molecular weight is 272 g/mol. The van der Waals surface area contributed by atoms with Gasteiger partial charge < -0.3 is 10.0 Å². The molecule has 0 aromatic heterocycles. The Hall–Kier alpha value is -0.870. The summed E-state index contributed by atoms with van der Waals surface area (Å²) in [6, 6.07) is 7.20. The van der Waals surface area contributed by atoms with Crippen molar-refractivity contribution < 1.29 is 9.90 Å². The molecule has 1 aromatic carbocycles.